The van der Waals surface area contributed by atoms with Crippen LogP contribution in [0, 0.1) is 5.82 Å². The molecule has 11 nitrogen and oxygen atoms in total. The number of carbonyl (C=O) groups is 4. The zero-order valence-corrected chi connectivity index (χ0v) is 22.4. The van der Waals surface area contributed by atoms with E-state index in [-0.39, 0.29) is 47.1 Å². The number of carboxylic acids is 2. The van der Waals surface area contributed by atoms with Crippen molar-refractivity contribution < 1.29 is 43.3 Å². The Morgan fingerprint density at radius 2 is 1.93 bits per heavy atom. The molecular formula is C27H29ClFN3O8. The van der Waals surface area contributed by atoms with E-state index < -0.39 is 35.7 Å². The highest BCUT2D eigenvalue weighted by Crippen LogP contribution is 2.32. The number of carbonyl (C=O) groups excluding carboxylic acids is 2. The number of carboxylic acid groups (broad SMARTS) is 2. The van der Waals surface area contributed by atoms with Crippen molar-refractivity contribution in [3.05, 3.63) is 70.0 Å². The van der Waals surface area contributed by atoms with Gasteiger partial charge in [0.05, 0.1) is 42.0 Å². The first-order valence-corrected chi connectivity index (χ1v) is 12.7. The summed E-state index contributed by atoms with van der Waals surface area (Å²) in [6.45, 7) is 4.38. The van der Waals surface area contributed by atoms with E-state index >= 15 is 0 Å². The fourth-order valence-electron chi connectivity index (χ4n) is 4.01. The molecule has 0 aliphatic carbocycles. The molecule has 1 aliphatic heterocycles. The summed E-state index contributed by atoms with van der Waals surface area (Å²) in [7, 11) is 0. The Balaban J connectivity index is 1.67. The van der Waals surface area contributed by atoms with E-state index in [9.17, 15) is 23.6 Å². The summed E-state index contributed by atoms with van der Waals surface area (Å²) in [6, 6.07) is 8.86. The molecule has 0 aromatic heterocycles. The highest BCUT2D eigenvalue weighted by Gasteiger charge is 2.24. The standard InChI is InChI=1S/C27H29ClFN3O8/c1-2-39-23-12-22(31-26(37)17(9-24(33)34)10-25(35)36)21(28)11-20(23)27(38)30-13-19-15-32(7-8-40-19)14-16-3-5-18(29)6-4-16/h3-6,9,11-12,19H,2,7-8,10,13-15H2,1H3,(H,30,38)(H,31,37)(H,33,34)(H,35,36)/b17-9+. The van der Waals surface area contributed by atoms with Crippen molar-refractivity contribution in [1.29, 1.82) is 0 Å². The summed E-state index contributed by atoms with van der Waals surface area (Å²) >= 11 is 6.30. The second-order valence-electron chi connectivity index (χ2n) is 8.86. The van der Waals surface area contributed by atoms with E-state index in [1.165, 1.54) is 24.3 Å². The van der Waals surface area contributed by atoms with E-state index in [0.717, 1.165) is 5.56 Å². The minimum absolute atomic E-state index is 0.000364. The molecule has 0 spiro atoms. The number of morpholine rings is 1. The van der Waals surface area contributed by atoms with Gasteiger partial charge < -0.3 is 30.3 Å². The number of rotatable bonds is 12. The van der Waals surface area contributed by atoms with Crippen LogP contribution in [0.2, 0.25) is 5.02 Å². The van der Waals surface area contributed by atoms with Crippen molar-refractivity contribution >= 4 is 41.0 Å². The molecule has 13 heteroatoms. The van der Waals surface area contributed by atoms with Crippen molar-refractivity contribution in [2.24, 2.45) is 0 Å². The van der Waals surface area contributed by atoms with Crippen LogP contribution < -0.4 is 15.4 Å². The van der Waals surface area contributed by atoms with E-state index in [1.54, 1.807) is 19.1 Å². The highest BCUT2D eigenvalue weighted by molar-refractivity contribution is 6.34. The largest absolute Gasteiger partial charge is 0.493 e. The van der Waals surface area contributed by atoms with Crippen LogP contribution in [0.5, 0.6) is 5.75 Å². The third kappa shape index (κ3) is 9.04. The minimum Gasteiger partial charge on any atom is -0.493 e. The molecule has 0 bridgehead atoms. The van der Waals surface area contributed by atoms with Crippen LogP contribution in [0.4, 0.5) is 10.1 Å². The Morgan fingerprint density at radius 3 is 2.58 bits per heavy atom. The lowest BCUT2D eigenvalue weighted by Crippen LogP contribution is -2.47. The summed E-state index contributed by atoms with van der Waals surface area (Å²) in [5, 5.41) is 23.1. The molecule has 0 radical (unpaired) electrons. The Labute approximate surface area is 234 Å². The van der Waals surface area contributed by atoms with Gasteiger partial charge in [0.1, 0.15) is 11.6 Å². The molecule has 2 amide bonds. The Bertz CT molecular complexity index is 1290. The number of nitrogens with zero attached hydrogens (tertiary/aromatic N) is 1. The van der Waals surface area contributed by atoms with Gasteiger partial charge in [0.25, 0.3) is 11.8 Å². The van der Waals surface area contributed by atoms with Gasteiger partial charge in [0, 0.05) is 43.9 Å². The van der Waals surface area contributed by atoms with Crippen LogP contribution in [-0.2, 0) is 25.7 Å². The zero-order valence-electron chi connectivity index (χ0n) is 21.6. The topological polar surface area (TPSA) is 154 Å². The van der Waals surface area contributed by atoms with Gasteiger partial charge in [0.15, 0.2) is 0 Å². The molecule has 40 heavy (non-hydrogen) atoms. The number of amides is 2. The fraction of sp³-hybridized carbons (Fsp3) is 0.333. The number of ether oxygens (including phenoxy) is 2. The molecule has 1 aliphatic rings. The van der Waals surface area contributed by atoms with Crippen LogP contribution in [-0.4, -0.2) is 77.8 Å². The molecule has 214 valence electrons. The summed E-state index contributed by atoms with van der Waals surface area (Å²) in [5.41, 5.74) is 0.552. The van der Waals surface area contributed by atoms with Gasteiger partial charge in [0.2, 0.25) is 0 Å². The molecule has 4 N–H and O–H groups in total. The van der Waals surface area contributed by atoms with Crippen LogP contribution in [0.15, 0.2) is 48.0 Å². The third-order valence-electron chi connectivity index (χ3n) is 5.83. The number of benzene rings is 2. The Morgan fingerprint density at radius 1 is 1.20 bits per heavy atom. The Kier molecular flexibility index (Phi) is 11.0. The second-order valence-corrected chi connectivity index (χ2v) is 9.27. The van der Waals surface area contributed by atoms with Crippen molar-refractivity contribution in [2.45, 2.75) is 26.0 Å². The lowest BCUT2D eigenvalue weighted by molar-refractivity contribution is -0.136. The second kappa shape index (κ2) is 14.4. The van der Waals surface area contributed by atoms with Gasteiger partial charge in [-0.25, -0.2) is 9.18 Å². The maximum Gasteiger partial charge on any atom is 0.328 e. The van der Waals surface area contributed by atoms with Gasteiger partial charge in [-0.1, -0.05) is 23.7 Å². The summed E-state index contributed by atoms with van der Waals surface area (Å²) < 4.78 is 24.5. The lowest BCUT2D eigenvalue weighted by atomic mass is 10.1. The summed E-state index contributed by atoms with van der Waals surface area (Å²) in [4.78, 5) is 49.8. The van der Waals surface area contributed by atoms with Crippen molar-refractivity contribution in [2.75, 3.05) is 38.2 Å². The van der Waals surface area contributed by atoms with Crippen molar-refractivity contribution in [1.82, 2.24) is 10.2 Å². The van der Waals surface area contributed by atoms with Gasteiger partial charge in [-0.15, -0.1) is 0 Å². The quantitative estimate of drug-likeness (QED) is 0.279. The molecule has 1 fully saturated rings. The monoisotopic (exact) mass is 577 g/mol. The number of aliphatic carboxylic acids is 2. The predicted molar refractivity (Wildman–Crippen MR) is 143 cm³/mol. The number of anilines is 1. The van der Waals surface area contributed by atoms with Gasteiger partial charge >= 0.3 is 11.9 Å². The normalized spacial score (nSPS) is 15.8. The van der Waals surface area contributed by atoms with Gasteiger partial charge in [-0.3, -0.25) is 19.3 Å². The SMILES string of the molecule is CCOc1cc(NC(=O)/C(=C/C(=O)O)CC(=O)O)c(Cl)cc1C(=O)NCC1CN(Cc2ccc(F)cc2)CCO1. The molecule has 0 saturated carbocycles. The lowest BCUT2D eigenvalue weighted by Gasteiger charge is -2.33. The molecule has 1 atom stereocenters. The molecule has 1 unspecified atom stereocenters. The molecule has 3 rings (SSSR count). The molecular weight excluding hydrogens is 549 g/mol. The van der Waals surface area contributed by atoms with Crippen LogP contribution >= 0.6 is 11.6 Å². The number of halogens is 2. The van der Waals surface area contributed by atoms with Crippen LogP contribution in [0.3, 0.4) is 0 Å². The maximum absolute atomic E-state index is 13.2. The average Bonchev–Trinajstić information content (AvgIpc) is 2.89. The molecule has 2 aromatic carbocycles. The van der Waals surface area contributed by atoms with Gasteiger partial charge in [-0.05, 0) is 30.7 Å². The maximum atomic E-state index is 13.2. The number of hydrogen-bond acceptors (Lipinski definition) is 7. The minimum atomic E-state index is -1.49. The zero-order chi connectivity index (χ0) is 29.2. The average molecular weight is 578 g/mol. The summed E-state index contributed by atoms with van der Waals surface area (Å²) in [6.07, 6.45) is -0.619. The molecule has 1 heterocycles. The summed E-state index contributed by atoms with van der Waals surface area (Å²) in [5.74, 6) is -4.56. The Hall–Kier alpha value is -4.00. The van der Waals surface area contributed by atoms with E-state index in [1.807, 2.05) is 0 Å². The van der Waals surface area contributed by atoms with Crippen molar-refractivity contribution in [3.63, 3.8) is 0 Å². The fourth-order valence-corrected chi connectivity index (χ4v) is 4.22. The van der Waals surface area contributed by atoms with E-state index in [0.29, 0.717) is 32.3 Å². The van der Waals surface area contributed by atoms with Crippen molar-refractivity contribution in [3.8, 4) is 5.75 Å². The predicted octanol–water partition coefficient (Wildman–Crippen LogP) is 2.93. The van der Waals surface area contributed by atoms with E-state index in [4.69, 9.17) is 31.3 Å². The molecule has 1 saturated heterocycles. The number of nitrogens with one attached hydrogen (secondary N) is 2. The first-order valence-electron chi connectivity index (χ1n) is 12.3. The first kappa shape index (κ1) is 30.5. The van der Waals surface area contributed by atoms with E-state index in [2.05, 4.69) is 15.5 Å². The first-order chi connectivity index (χ1) is 19.0. The molecule has 2 aromatic rings. The van der Waals surface area contributed by atoms with Crippen LogP contribution in [0.1, 0.15) is 29.3 Å². The highest BCUT2D eigenvalue weighted by atomic mass is 35.5. The van der Waals surface area contributed by atoms with Gasteiger partial charge in [-0.2, -0.15) is 0 Å². The third-order valence-corrected chi connectivity index (χ3v) is 6.14. The smallest absolute Gasteiger partial charge is 0.328 e. The number of hydrogen-bond donors (Lipinski definition) is 4. The van der Waals surface area contributed by atoms with Crippen LogP contribution in [0.25, 0.3) is 0 Å².